The van der Waals surface area contributed by atoms with Crippen LogP contribution in [0, 0.1) is 0 Å². The summed E-state index contributed by atoms with van der Waals surface area (Å²) in [5.74, 6) is -0.946. The number of rotatable bonds is 5. The van der Waals surface area contributed by atoms with Crippen LogP contribution in [0.15, 0.2) is 54.7 Å². The molecule has 0 aliphatic carbocycles. The molecule has 6 heteroatoms. The lowest BCUT2D eigenvalue weighted by Crippen LogP contribution is -2.45. The van der Waals surface area contributed by atoms with E-state index >= 15 is 0 Å². The molecule has 0 saturated carbocycles. The zero-order valence-electron chi connectivity index (χ0n) is 12.8. The molecule has 122 valence electrons. The molecule has 5 nitrogen and oxygen atoms in total. The molecular weight excluding hydrogens is 326 g/mol. The van der Waals surface area contributed by atoms with Crippen LogP contribution in [0.5, 0.6) is 0 Å². The second-order valence-corrected chi connectivity index (χ2v) is 5.94. The van der Waals surface area contributed by atoms with E-state index in [1.807, 2.05) is 30.5 Å². The molecule has 2 aromatic carbocycles. The lowest BCUT2D eigenvalue weighted by molar-refractivity contribution is -0.119. The first kappa shape index (κ1) is 16.1. The Kier molecular flexibility index (Phi) is 4.53. The Morgan fingerprint density at radius 2 is 1.83 bits per heavy atom. The Bertz CT molecular complexity index is 887. The minimum absolute atomic E-state index is 0.318. The van der Waals surface area contributed by atoms with Crippen molar-refractivity contribution in [2.45, 2.75) is 12.5 Å². The molecule has 1 atom stereocenters. The van der Waals surface area contributed by atoms with Crippen LogP contribution in [0.1, 0.15) is 15.9 Å². The number of halogens is 1. The van der Waals surface area contributed by atoms with Crippen LogP contribution in [-0.4, -0.2) is 22.8 Å². The van der Waals surface area contributed by atoms with Crippen LogP contribution in [0.3, 0.4) is 0 Å². The number of aromatic nitrogens is 1. The van der Waals surface area contributed by atoms with E-state index in [0.717, 1.165) is 16.5 Å². The third-order valence-corrected chi connectivity index (χ3v) is 4.11. The summed E-state index contributed by atoms with van der Waals surface area (Å²) >= 11 is 5.81. The van der Waals surface area contributed by atoms with Gasteiger partial charge >= 0.3 is 0 Å². The SMILES string of the molecule is NC(=O)[C@H](Cc1c[nH]c2ccccc12)NC(=O)c1ccc(Cl)cc1. The van der Waals surface area contributed by atoms with Crippen molar-refractivity contribution in [2.75, 3.05) is 0 Å². The summed E-state index contributed by atoms with van der Waals surface area (Å²) in [6, 6.07) is 13.4. The molecule has 1 aromatic heterocycles. The first-order valence-corrected chi connectivity index (χ1v) is 7.83. The summed E-state index contributed by atoms with van der Waals surface area (Å²) in [6.45, 7) is 0. The summed E-state index contributed by atoms with van der Waals surface area (Å²) in [6.07, 6.45) is 2.15. The van der Waals surface area contributed by atoms with E-state index < -0.39 is 11.9 Å². The molecule has 3 rings (SSSR count). The van der Waals surface area contributed by atoms with Gasteiger partial charge in [0.25, 0.3) is 5.91 Å². The maximum atomic E-state index is 12.3. The normalized spacial score (nSPS) is 12.0. The van der Waals surface area contributed by atoms with Gasteiger partial charge in [-0.15, -0.1) is 0 Å². The molecule has 0 aliphatic rings. The van der Waals surface area contributed by atoms with E-state index in [1.165, 1.54) is 0 Å². The van der Waals surface area contributed by atoms with Crippen LogP contribution < -0.4 is 11.1 Å². The molecule has 0 unspecified atom stereocenters. The Labute approximate surface area is 143 Å². The second kappa shape index (κ2) is 6.76. The van der Waals surface area contributed by atoms with E-state index in [-0.39, 0.29) is 5.91 Å². The van der Waals surface area contributed by atoms with Crippen LogP contribution >= 0.6 is 11.6 Å². The fourth-order valence-electron chi connectivity index (χ4n) is 2.59. The molecule has 2 amide bonds. The van der Waals surface area contributed by atoms with Crippen molar-refractivity contribution in [1.82, 2.24) is 10.3 Å². The van der Waals surface area contributed by atoms with Crippen molar-refractivity contribution >= 4 is 34.3 Å². The number of H-pyrrole nitrogens is 1. The van der Waals surface area contributed by atoms with Crippen molar-refractivity contribution in [3.05, 3.63) is 70.9 Å². The number of para-hydroxylation sites is 1. The lowest BCUT2D eigenvalue weighted by Gasteiger charge is -2.15. The van der Waals surface area contributed by atoms with Gasteiger partial charge in [-0.2, -0.15) is 0 Å². The number of hydrogen-bond acceptors (Lipinski definition) is 2. The van der Waals surface area contributed by atoms with Gasteiger partial charge in [0, 0.05) is 34.1 Å². The molecule has 24 heavy (non-hydrogen) atoms. The fourth-order valence-corrected chi connectivity index (χ4v) is 2.71. The topological polar surface area (TPSA) is 88.0 Å². The maximum absolute atomic E-state index is 12.3. The van der Waals surface area contributed by atoms with Gasteiger partial charge in [-0.3, -0.25) is 9.59 Å². The summed E-state index contributed by atoms with van der Waals surface area (Å²) < 4.78 is 0. The van der Waals surface area contributed by atoms with Gasteiger partial charge < -0.3 is 16.0 Å². The van der Waals surface area contributed by atoms with Gasteiger partial charge in [0.05, 0.1) is 0 Å². The molecule has 0 aliphatic heterocycles. The Hall–Kier alpha value is -2.79. The molecule has 0 saturated heterocycles. The Balaban J connectivity index is 1.79. The minimum atomic E-state index is -0.799. The standard InChI is InChI=1S/C18H16ClN3O2/c19-13-7-5-11(6-8-13)18(24)22-16(17(20)23)9-12-10-21-15-4-2-1-3-14(12)15/h1-8,10,16,21H,9H2,(H2,20,23)(H,22,24)/t16-/m0/s1. The second-order valence-electron chi connectivity index (χ2n) is 5.50. The number of aromatic amines is 1. The number of primary amides is 1. The molecule has 0 radical (unpaired) electrons. The molecule has 1 heterocycles. The van der Waals surface area contributed by atoms with Gasteiger partial charge in [-0.05, 0) is 35.9 Å². The number of fused-ring (bicyclic) bond motifs is 1. The highest BCUT2D eigenvalue weighted by Gasteiger charge is 2.20. The first-order chi connectivity index (χ1) is 11.5. The average molecular weight is 342 g/mol. The number of carbonyl (C=O) groups excluding carboxylic acids is 2. The van der Waals surface area contributed by atoms with Gasteiger partial charge in [0.2, 0.25) is 5.91 Å². The lowest BCUT2D eigenvalue weighted by atomic mass is 10.0. The molecule has 0 fully saturated rings. The Morgan fingerprint density at radius 1 is 1.12 bits per heavy atom. The summed E-state index contributed by atoms with van der Waals surface area (Å²) in [7, 11) is 0. The van der Waals surface area contributed by atoms with E-state index in [1.54, 1.807) is 24.3 Å². The predicted molar refractivity (Wildman–Crippen MR) is 93.9 cm³/mol. The monoisotopic (exact) mass is 341 g/mol. The number of benzene rings is 2. The molecule has 4 N–H and O–H groups in total. The van der Waals surface area contributed by atoms with Crippen molar-refractivity contribution in [3.63, 3.8) is 0 Å². The highest BCUT2D eigenvalue weighted by Crippen LogP contribution is 2.19. The molecular formula is C18H16ClN3O2. The number of nitrogens with one attached hydrogen (secondary N) is 2. The predicted octanol–water partition coefficient (Wildman–Crippen LogP) is 2.65. The summed E-state index contributed by atoms with van der Waals surface area (Å²) in [5, 5.41) is 4.23. The van der Waals surface area contributed by atoms with E-state index in [2.05, 4.69) is 10.3 Å². The van der Waals surface area contributed by atoms with Crippen LogP contribution in [0.2, 0.25) is 5.02 Å². The van der Waals surface area contributed by atoms with Crippen LogP contribution in [0.4, 0.5) is 0 Å². The largest absolute Gasteiger partial charge is 0.368 e. The number of hydrogen-bond donors (Lipinski definition) is 3. The average Bonchev–Trinajstić information content (AvgIpc) is 2.98. The van der Waals surface area contributed by atoms with Crippen molar-refractivity contribution in [3.8, 4) is 0 Å². The Morgan fingerprint density at radius 3 is 2.54 bits per heavy atom. The highest BCUT2D eigenvalue weighted by molar-refractivity contribution is 6.30. The molecule has 3 aromatic rings. The number of carbonyl (C=O) groups is 2. The third-order valence-electron chi connectivity index (χ3n) is 3.85. The van der Waals surface area contributed by atoms with Gasteiger partial charge in [0.1, 0.15) is 6.04 Å². The van der Waals surface area contributed by atoms with E-state index in [0.29, 0.717) is 17.0 Å². The zero-order valence-corrected chi connectivity index (χ0v) is 13.5. The first-order valence-electron chi connectivity index (χ1n) is 7.45. The summed E-state index contributed by atoms with van der Waals surface area (Å²) in [5.41, 5.74) is 7.78. The van der Waals surface area contributed by atoms with Gasteiger partial charge in [-0.1, -0.05) is 29.8 Å². The van der Waals surface area contributed by atoms with Crippen molar-refractivity contribution < 1.29 is 9.59 Å². The number of amides is 2. The fraction of sp³-hybridized carbons (Fsp3) is 0.111. The highest BCUT2D eigenvalue weighted by atomic mass is 35.5. The summed E-state index contributed by atoms with van der Waals surface area (Å²) in [4.78, 5) is 27.2. The number of nitrogens with two attached hydrogens (primary N) is 1. The molecule has 0 bridgehead atoms. The van der Waals surface area contributed by atoms with E-state index in [9.17, 15) is 9.59 Å². The zero-order chi connectivity index (χ0) is 17.1. The third kappa shape index (κ3) is 3.41. The maximum Gasteiger partial charge on any atom is 0.251 e. The van der Waals surface area contributed by atoms with Crippen LogP contribution in [0.25, 0.3) is 10.9 Å². The molecule has 0 spiro atoms. The van der Waals surface area contributed by atoms with Gasteiger partial charge in [-0.25, -0.2) is 0 Å². The van der Waals surface area contributed by atoms with Gasteiger partial charge in [0.15, 0.2) is 0 Å². The van der Waals surface area contributed by atoms with E-state index in [4.69, 9.17) is 17.3 Å². The van der Waals surface area contributed by atoms with Crippen molar-refractivity contribution in [2.24, 2.45) is 5.73 Å². The quantitative estimate of drug-likeness (QED) is 0.666. The van der Waals surface area contributed by atoms with Crippen LogP contribution in [-0.2, 0) is 11.2 Å². The minimum Gasteiger partial charge on any atom is -0.368 e. The smallest absolute Gasteiger partial charge is 0.251 e. The van der Waals surface area contributed by atoms with Crippen molar-refractivity contribution in [1.29, 1.82) is 0 Å².